The first-order valence-electron chi connectivity index (χ1n) is 6.35. The number of rotatable bonds is 8. The SMILES string of the molecule is CNS(=O)(=O)CCNC(C)CCc1ccc(O)cc1. The molecule has 1 rings (SSSR count). The van der Waals surface area contributed by atoms with Crippen molar-refractivity contribution in [1.82, 2.24) is 10.0 Å². The van der Waals surface area contributed by atoms with E-state index in [1.54, 1.807) is 12.1 Å². The van der Waals surface area contributed by atoms with Crippen LogP contribution in [0.3, 0.4) is 0 Å². The summed E-state index contributed by atoms with van der Waals surface area (Å²) in [5.74, 6) is 0.361. The van der Waals surface area contributed by atoms with Crippen LogP contribution in [0.4, 0.5) is 0 Å². The maximum atomic E-state index is 11.2. The van der Waals surface area contributed by atoms with Gasteiger partial charge in [0.2, 0.25) is 10.0 Å². The number of hydrogen-bond acceptors (Lipinski definition) is 4. The van der Waals surface area contributed by atoms with E-state index in [0.29, 0.717) is 6.54 Å². The maximum Gasteiger partial charge on any atom is 0.212 e. The van der Waals surface area contributed by atoms with E-state index in [9.17, 15) is 13.5 Å². The average molecular weight is 286 g/mol. The minimum Gasteiger partial charge on any atom is -0.508 e. The fourth-order valence-corrected chi connectivity index (χ4v) is 2.28. The average Bonchev–Trinajstić information content (AvgIpc) is 2.38. The molecule has 1 aromatic carbocycles. The third-order valence-corrected chi connectivity index (χ3v) is 4.34. The van der Waals surface area contributed by atoms with Crippen LogP contribution in [0.2, 0.25) is 0 Å². The van der Waals surface area contributed by atoms with Crippen molar-refractivity contribution in [2.45, 2.75) is 25.8 Å². The number of benzene rings is 1. The molecule has 5 nitrogen and oxygen atoms in total. The van der Waals surface area contributed by atoms with Crippen LogP contribution in [0.5, 0.6) is 5.75 Å². The Morgan fingerprint density at radius 3 is 2.47 bits per heavy atom. The van der Waals surface area contributed by atoms with Gasteiger partial charge in [-0.2, -0.15) is 0 Å². The van der Waals surface area contributed by atoms with Gasteiger partial charge in [0.1, 0.15) is 5.75 Å². The molecule has 1 unspecified atom stereocenters. The number of phenols is 1. The van der Waals surface area contributed by atoms with E-state index in [0.717, 1.165) is 18.4 Å². The molecule has 0 bridgehead atoms. The molecule has 0 aliphatic heterocycles. The second-order valence-corrected chi connectivity index (χ2v) is 6.63. The normalized spacial score (nSPS) is 13.4. The van der Waals surface area contributed by atoms with Crippen LogP contribution in [-0.2, 0) is 16.4 Å². The molecule has 6 heteroatoms. The quantitative estimate of drug-likeness (QED) is 0.662. The summed E-state index contributed by atoms with van der Waals surface area (Å²) < 4.78 is 24.7. The molecule has 0 saturated carbocycles. The Balaban J connectivity index is 2.24. The highest BCUT2D eigenvalue weighted by Gasteiger charge is 2.08. The molecular formula is C13H22N2O3S. The fourth-order valence-electron chi connectivity index (χ4n) is 1.69. The van der Waals surface area contributed by atoms with Gasteiger partial charge in [0.05, 0.1) is 5.75 Å². The van der Waals surface area contributed by atoms with Crippen LogP contribution in [0.15, 0.2) is 24.3 Å². The van der Waals surface area contributed by atoms with Crippen LogP contribution < -0.4 is 10.0 Å². The third kappa shape index (κ3) is 6.56. The van der Waals surface area contributed by atoms with Gasteiger partial charge in [0, 0.05) is 12.6 Å². The van der Waals surface area contributed by atoms with Crippen LogP contribution in [0, 0.1) is 0 Å². The lowest BCUT2D eigenvalue weighted by Crippen LogP contribution is -2.34. The lowest BCUT2D eigenvalue weighted by atomic mass is 10.1. The number of phenolic OH excluding ortho intramolecular Hbond substituents is 1. The number of sulfonamides is 1. The van der Waals surface area contributed by atoms with Crippen LogP contribution >= 0.6 is 0 Å². The van der Waals surface area contributed by atoms with Crippen molar-refractivity contribution in [3.05, 3.63) is 29.8 Å². The lowest BCUT2D eigenvalue weighted by molar-refractivity contribution is 0.475. The second-order valence-electron chi connectivity index (χ2n) is 4.58. The van der Waals surface area contributed by atoms with E-state index in [1.807, 2.05) is 19.1 Å². The summed E-state index contributed by atoms with van der Waals surface area (Å²) in [6, 6.07) is 7.39. The number of nitrogens with one attached hydrogen (secondary N) is 2. The van der Waals surface area contributed by atoms with Gasteiger partial charge in [-0.1, -0.05) is 12.1 Å². The van der Waals surface area contributed by atoms with Gasteiger partial charge < -0.3 is 10.4 Å². The van der Waals surface area contributed by atoms with E-state index in [1.165, 1.54) is 7.05 Å². The summed E-state index contributed by atoms with van der Waals surface area (Å²) in [6.45, 7) is 2.48. The summed E-state index contributed by atoms with van der Waals surface area (Å²) in [7, 11) is -1.71. The molecule has 0 radical (unpaired) electrons. The smallest absolute Gasteiger partial charge is 0.212 e. The Hall–Kier alpha value is -1.11. The second kappa shape index (κ2) is 7.47. The van der Waals surface area contributed by atoms with Crippen LogP contribution in [-0.4, -0.2) is 38.9 Å². The van der Waals surface area contributed by atoms with Crippen LogP contribution in [0.1, 0.15) is 18.9 Å². The van der Waals surface area contributed by atoms with Crippen molar-refractivity contribution in [2.24, 2.45) is 0 Å². The van der Waals surface area contributed by atoms with E-state index >= 15 is 0 Å². The van der Waals surface area contributed by atoms with E-state index in [-0.39, 0.29) is 17.5 Å². The highest BCUT2D eigenvalue weighted by molar-refractivity contribution is 7.89. The van der Waals surface area contributed by atoms with Crippen molar-refractivity contribution in [3.8, 4) is 5.75 Å². The van der Waals surface area contributed by atoms with Gasteiger partial charge in [-0.15, -0.1) is 0 Å². The number of aromatic hydroxyl groups is 1. The fraction of sp³-hybridized carbons (Fsp3) is 0.538. The molecule has 3 N–H and O–H groups in total. The monoisotopic (exact) mass is 286 g/mol. The standard InChI is InChI=1S/C13H22N2O3S/c1-11(15-9-10-19(17,18)14-2)3-4-12-5-7-13(16)8-6-12/h5-8,11,14-16H,3-4,9-10H2,1-2H3. The molecule has 0 fully saturated rings. The minimum atomic E-state index is -3.13. The molecule has 0 saturated heterocycles. The summed E-state index contributed by atoms with van der Waals surface area (Å²) in [5, 5.41) is 12.4. The third-order valence-electron chi connectivity index (χ3n) is 2.98. The zero-order chi connectivity index (χ0) is 14.3. The largest absolute Gasteiger partial charge is 0.508 e. The van der Waals surface area contributed by atoms with Gasteiger partial charge in [-0.25, -0.2) is 13.1 Å². The molecule has 1 atom stereocenters. The zero-order valence-electron chi connectivity index (χ0n) is 11.4. The predicted molar refractivity (Wildman–Crippen MR) is 76.7 cm³/mol. The molecule has 19 heavy (non-hydrogen) atoms. The van der Waals surface area contributed by atoms with Gasteiger partial charge >= 0.3 is 0 Å². The maximum absolute atomic E-state index is 11.2. The topological polar surface area (TPSA) is 78.4 Å². The lowest BCUT2D eigenvalue weighted by Gasteiger charge is -2.13. The Bertz CT molecular complexity index is 471. The van der Waals surface area contributed by atoms with Crippen molar-refractivity contribution in [2.75, 3.05) is 19.3 Å². The van der Waals surface area contributed by atoms with Gasteiger partial charge in [0.15, 0.2) is 0 Å². The van der Waals surface area contributed by atoms with Crippen molar-refractivity contribution in [1.29, 1.82) is 0 Å². The van der Waals surface area contributed by atoms with E-state index in [4.69, 9.17) is 0 Å². The molecule has 0 spiro atoms. The molecule has 108 valence electrons. The van der Waals surface area contributed by atoms with Crippen LogP contribution in [0.25, 0.3) is 0 Å². The summed E-state index contributed by atoms with van der Waals surface area (Å²) in [4.78, 5) is 0. The zero-order valence-corrected chi connectivity index (χ0v) is 12.2. The first-order chi connectivity index (χ1) is 8.93. The van der Waals surface area contributed by atoms with Crippen molar-refractivity contribution < 1.29 is 13.5 Å². The first kappa shape index (κ1) is 15.9. The number of aryl methyl sites for hydroxylation is 1. The molecular weight excluding hydrogens is 264 g/mol. The molecule has 1 aromatic rings. The van der Waals surface area contributed by atoms with Gasteiger partial charge in [-0.3, -0.25) is 0 Å². The van der Waals surface area contributed by atoms with E-state index in [2.05, 4.69) is 10.0 Å². The first-order valence-corrected chi connectivity index (χ1v) is 8.00. The van der Waals surface area contributed by atoms with Gasteiger partial charge in [0.25, 0.3) is 0 Å². The van der Waals surface area contributed by atoms with Crippen molar-refractivity contribution in [3.63, 3.8) is 0 Å². The minimum absolute atomic E-state index is 0.0903. The summed E-state index contributed by atoms with van der Waals surface area (Å²) in [5.41, 5.74) is 1.16. The number of hydrogen-bond donors (Lipinski definition) is 3. The highest BCUT2D eigenvalue weighted by Crippen LogP contribution is 2.11. The molecule has 0 amide bonds. The van der Waals surface area contributed by atoms with Gasteiger partial charge in [-0.05, 0) is 44.5 Å². The Labute approximate surface area is 115 Å². The molecule has 0 aliphatic rings. The summed E-state index contributed by atoms with van der Waals surface area (Å²) >= 11 is 0. The predicted octanol–water partition coefficient (Wildman–Crippen LogP) is 0.852. The molecule has 0 heterocycles. The molecule has 0 aliphatic carbocycles. The summed E-state index contributed by atoms with van der Waals surface area (Å²) in [6.07, 6.45) is 1.82. The Morgan fingerprint density at radius 2 is 1.89 bits per heavy atom. The molecule has 0 aromatic heterocycles. The Morgan fingerprint density at radius 1 is 1.26 bits per heavy atom. The highest BCUT2D eigenvalue weighted by atomic mass is 32.2. The van der Waals surface area contributed by atoms with Crippen molar-refractivity contribution >= 4 is 10.0 Å². The van der Waals surface area contributed by atoms with E-state index < -0.39 is 10.0 Å². The Kier molecular flexibility index (Phi) is 6.27.